The minimum absolute atomic E-state index is 0.159. The van der Waals surface area contributed by atoms with Crippen LogP contribution in [0.25, 0.3) is 0 Å². The van der Waals surface area contributed by atoms with Crippen molar-refractivity contribution in [2.45, 2.75) is 32.7 Å². The van der Waals surface area contributed by atoms with E-state index in [-0.39, 0.29) is 30.7 Å². The van der Waals surface area contributed by atoms with E-state index in [1.165, 1.54) is 18.2 Å². The number of carbonyl (C=O) groups excluding carboxylic acids is 1. The van der Waals surface area contributed by atoms with Crippen LogP contribution in [0.2, 0.25) is 0 Å². The standard InChI is InChI=1S/C15H20FNO4/c1-10(2)14(15(19)20)17-13(18)7-4-8-21-12-6-3-5-11(16)9-12/h3,5-6,9-10,14H,4,7-8H2,1-2H3,(H,17,18)(H,19,20)/t14-/m1/s1. The third-order valence-corrected chi connectivity index (χ3v) is 2.86. The van der Waals surface area contributed by atoms with E-state index in [2.05, 4.69) is 5.32 Å². The number of ether oxygens (including phenoxy) is 1. The van der Waals surface area contributed by atoms with Gasteiger partial charge in [-0.1, -0.05) is 19.9 Å². The summed E-state index contributed by atoms with van der Waals surface area (Å²) in [5.41, 5.74) is 0. The zero-order chi connectivity index (χ0) is 15.8. The third-order valence-electron chi connectivity index (χ3n) is 2.86. The largest absolute Gasteiger partial charge is 0.493 e. The van der Waals surface area contributed by atoms with Gasteiger partial charge in [-0.2, -0.15) is 0 Å². The van der Waals surface area contributed by atoms with Crippen LogP contribution in [0.1, 0.15) is 26.7 Å². The lowest BCUT2D eigenvalue weighted by Crippen LogP contribution is -2.44. The van der Waals surface area contributed by atoms with Crippen molar-refractivity contribution in [3.05, 3.63) is 30.1 Å². The van der Waals surface area contributed by atoms with E-state index < -0.39 is 12.0 Å². The summed E-state index contributed by atoms with van der Waals surface area (Å²) in [6, 6.07) is 4.86. The van der Waals surface area contributed by atoms with Crippen molar-refractivity contribution in [1.82, 2.24) is 5.32 Å². The lowest BCUT2D eigenvalue weighted by molar-refractivity contribution is -0.143. The van der Waals surface area contributed by atoms with Crippen LogP contribution in [0.15, 0.2) is 24.3 Å². The van der Waals surface area contributed by atoms with Gasteiger partial charge in [-0.3, -0.25) is 4.79 Å². The number of aliphatic carboxylic acids is 1. The lowest BCUT2D eigenvalue weighted by atomic mass is 10.0. The Kier molecular flexibility index (Phi) is 6.65. The highest BCUT2D eigenvalue weighted by molar-refractivity contribution is 5.83. The average Bonchev–Trinajstić information content (AvgIpc) is 2.40. The lowest BCUT2D eigenvalue weighted by Gasteiger charge is -2.17. The molecule has 116 valence electrons. The van der Waals surface area contributed by atoms with Crippen LogP contribution in [0.4, 0.5) is 4.39 Å². The monoisotopic (exact) mass is 297 g/mol. The molecular formula is C15H20FNO4. The Morgan fingerprint density at radius 2 is 2.10 bits per heavy atom. The number of halogens is 1. The molecule has 6 heteroatoms. The molecular weight excluding hydrogens is 277 g/mol. The van der Waals surface area contributed by atoms with Crippen molar-refractivity contribution in [2.75, 3.05) is 6.61 Å². The fourth-order valence-corrected chi connectivity index (χ4v) is 1.74. The van der Waals surface area contributed by atoms with Gasteiger partial charge in [-0.05, 0) is 24.5 Å². The van der Waals surface area contributed by atoms with Crippen molar-refractivity contribution in [3.63, 3.8) is 0 Å². The first-order valence-corrected chi connectivity index (χ1v) is 6.80. The Hall–Kier alpha value is -2.11. The highest BCUT2D eigenvalue weighted by Crippen LogP contribution is 2.12. The van der Waals surface area contributed by atoms with Gasteiger partial charge in [0.25, 0.3) is 0 Å². The first-order chi connectivity index (χ1) is 9.90. The predicted octanol–water partition coefficient (Wildman–Crippen LogP) is 2.21. The van der Waals surface area contributed by atoms with Crippen LogP contribution in [-0.4, -0.2) is 29.6 Å². The van der Waals surface area contributed by atoms with Crippen LogP contribution in [0, 0.1) is 11.7 Å². The minimum Gasteiger partial charge on any atom is -0.493 e. The van der Waals surface area contributed by atoms with Gasteiger partial charge in [0.1, 0.15) is 17.6 Å². The molecule has 2 N–H and O–H groups in total. The number of nitrogens with one attached hydrogen (secondary N) is 1. The number of hydrogen-bond acceptors (Lipinski definition) is 3. The molecule has 0 saturated carbocycles. The molecule has 1 aromatic carbocycles. The minimum atomic E-state index is -1.05. The summed E-state index contributed by atoms with van der Waals surface area (Å²) in [7, 11) is 0. The third kappa shape index (κ3) is 6.25. The molecule has 0 saturated heterocycles. The number of amides is 1. The van der Waals surface area contributed by atoms with E-state index in [0.717, 1.165) is 0 Å². The molecule has 0 aromatic heterocycles. The SMILES string of the molecule is CC(C)[C@@H](NC(=O)CCCOc1cccc(F)c1)C(=O)O. The maximum absolute atomic E-state index is 12.9. The Morgan fingerprint density at radius 3 is 2.67 bits per heavy atom. The van der Waals surface area contributed by atoms with Gasteiger partial charge in [0.05, 0.1) is 6.61 Å². The summed E-state index contributed by atoms with van der Waals surface area (Å²) in [6.07, 6.45) is 0.582. The van der Waals surface area contributed by atoms with E-state index in [1.54, 1.807) is 19.9 Å². The summed E-state index contributed by atoms with van der Waals surface area (Å²) < 4.78 is 18.2. The molecule has 1 aromatic rings. The molecule has 1 rings (SSSR count). The van der Waals surface area contributed by atoms with Crippen LogP contribution in [-0.2, 0) is 9.59 Å². The number of benzene rings is 1. The second-order valence-corrected chi connectivity index (χ2v) is 5.04. The summed E-state index contributed by atoms with van der Waals surface area (Å²) in [6.45, 7) is 3.72. The molecule has 0 radical (unpaired) electrons. The van der Waals surface area contributed by atoms with E-state index >= 15 is 0 Å². The molecule has 0 heterocycles. The van der Waals surface area contributed by atoms with Crippen molar-refractivity contribution in [3.8, 4) is 5.75 Å². The van der Waals surface area contributed by atoms with Gasteiger partial charge >= 0.3 is 5.97 Å². The van der Waals surface area contributed by atoms with Crippen molar-refractivity contribution >= 4 is 11.9 Å². The van der Waals surface area contributed by atoms with Gasteiger partial charge in [0, 0.05) is 12.5 Å². The number of carboxylic acid groups (broad SMARTS) is 1. The number of carbonyl (C=O) groups is 2. The number of hydrogen-bond donors (Lipinski definition) is 2. The van der Waals surface area contributed by atoms with Crippen LogP contribution in [0.5, 0.6) is 5.75 Å². The molecule has 0 bridgehead atoms. The van der Waals surface area contributed by atoms with Crippen molar-refractivity contribution in [2.24, 2.45) is 5.92 Å². The first kappa shape index (κ1) is 16.9. The summed E-state index contributed by atoms with van der Waals surface area (Å²) >= 11 is 0. The highest BCUT2D eigenvalue weighted by Gasteiger charge is 2.22. The predicted molar refractivity (Wildman–Crippen MR) is 75.5 cm³/mol. The Bertz CT molecular complexity index is 490. The molecule has 0 aliphatic heterocycles. The molecule has 1 amide bonds. The second kappa shape index (κ2) is 8.24. The zero-order valence-electron chi connectivity index (χ0n) is 12.1. The van der Waals surface area contributed by atoms with Crippen LogP contribution >= 0.6 is 0 Å². The van der Waals surface area contributed by atoms with Crippen molar-refractivity contribution < 1.29 is 23.8 Å². The van der Waals surface area contributed by atoms with E-state index in [0.29, 0.717) is 12.2 Å². The van der Waals surface area contributed by atoms with E-state index in [1.807, 2.05) is 0 Å². The van der Waals surface area contributed by atoms with Crippen LogP contribution < -0.4 is 10.1 Å². The Morgan fingerprint density at radius 1 is 1.38 bits per heavy atom. The average molecular weight is 297 g/mol. The van der Waals surface area contributed by atoms with Crippen molar-refractivity contribution in [1.29, 1.82) is 0 Å². The Balaban J connectivity index is 2.29. The van der Waals surface area contributed by atoms with E-state index in [4.69, 9.17) is 9.84 Å². The Labute approximate surface area is 123 Å². The zero-order valence-corrected chi connectivity index (χ0v) is 12.1. The van der Waals surface area contributed by atoms with Gasteiger partial charge in [-0.25, -0.2) is 9.18 Å². The fourth-order valence-electron chi connectivity index (χ4n) is 1.74. The molecule has 0 aliphatic rings. The number of rotatable bonds is 8. The normalized spacial score (nSPS) is 12.0. The molecule has 0 spiro atoms. The summed E-state index contributed by atoms with van der Waals surface area (Å²) in [4.78, 5) is 22.6. The fraction of sp³-hybridized carbons (Fsp3) is 0.467. The number of carboxylic acids is 1. The maximum Gasteiger partial charge on any atom is 0.326 e. The van der Waals surface area contributed by atoms with E-state index in [9.17, 15) is 14.0 Å². The quantitative estimate of drug-likeness (QED) is 0.721. The molecule has 0 unspecified atom stereocenters. The molecule has 21 heavy (non-hydrogen) atoms. The maximum atomic E-state index is 12.9. The molecule has 0 fully saturated rings. The smallest absolute Gasteiger partial charge is 0.326 e. The molecule has 0 aliphatic carbocycles. The van der Waals surface area contributed by atoms with Gasteiger partial charge in [0.15, 0.2) is 0 Å². The molecule has 5 nitrogen and oxygen atoms in total. The molecule has 1 atom stereocenters. The van der Waals surface area contributed by atoms with Gasteiger partial charge in [-0.15, -0.1) is 0 Å². The second-order valence-electron chi connectivity index (χ2n) is 5.04. The van der Waals surface area contributed by atoms with Gasteiger partial charge in [0.2, 0.25) is 5.91 Å². The highest BCUT2D eigenvalue weighted by atomic mass is 19.1. The topological polar surface area (TPSA) is 75.6 Å². The van der Waals surface area contributed by atoms with Crippen LogP contribution in [0.3, 0.4) is 0 Å². The summed E-state index contributed by atoms with van der Waals surface area (Å²) in [5, 5.41) is 11.4. The van der Waals surface area contributed by atoms with Gasteiger partial charge < -0.3 is 15.2 Å². The first-order valence-electron chi connectivity index (χ1n) is 6.80. The summed E-state index contributed by atoms with van der Waals surface area (Å²) in [5.74, 6) is -1.55.